The second-order valence-electron chi connectivity index (χ2n) is 10.7. The molecule has 0 aliphatic carbocycles. The standard InChI is InChI=1S/C30H34N9O7P/c1-3-45-47(43,46-4-2)19-44-26-14-22-24(13-21(26)20-15-32-18-33-16-20)38(29(31)41)17-25(22)37-12-11-36-10-8-23(39(36)30(37)42)28(40)35-27-7-5-6-9-34-27/h5-7,9,13-18,23H,3-4,8,10-12,19H2,1-2H3,(H2,31,41)(H,34,35,40)/t23-/m0/s1. The zero-order chi connectivity index (χ0) is 33.1. The van der Waals surface area contributed by atoms with E-state index < -0.39 is 32.0 Å². The molecular formula is C30H34N9O7P. The van der Waals surface area contributed by atoms with Gasteiger partial charge in [0.25, 0.3) is 0 Å². The van der Waals surface area contributed by atoms with Crippen molar-refractivity contribution >= 4 is 48.0 Å². The number of primary amides is 1. The Hall–Kier alpha value is -4.89. The van der Waals surface area contributed by atoms with E-state index >= 15 is 0 Å². The van der Waals surface area contributed by atoms with Crippen molar-refractivity contribution in [2.75, 3.05) is 49.4 Å². The fraction of sp³-hybridized carbons (Fsp3) is 0.333. The van der Waals surface area contributed by atoms with Crippen molar-refractivity contribution in [1.29, 1.82) is 0 Å². The highest BCUT2D eigenvalue weighted by molar-refractivity contribution is 7.53. The molecule has 4 amide bonds. The van der Waals surface area contributed by atoms with E-state index in [9.17, 15) is 18.9 Å². The minimum atomic E-state index is -3.62. The largest absolute Gasteiger partial charge is 0.480 e. The summed E-state index contributed by atoms with van der Waals surface area (Å²) in [6.45, 7) is 4.93. The summed E-state index contributed by atoms with van der Waals surface area (Å²) >= 11 is 0. The Morgan fingerprint density at radius 1 is 1.09 bits per heavy atom. The average molecular weight is 664 g/mol. The molecule has 0 spiro atoms. The van der Waals surface area contributed by atoms with Crippen molar-refractivity contribution < 1.29 is 32.7 Å². The number of fused-ring (bicyclic) bond motifs is 2. The molecule has 0 unspecified atom stereocenters. The van der Waals surface area contributed by atoms with Gasteiger partial charge in [0.2, 0.25) is 5.91 Å². The molecule has 5 heterocycles. The summed E-state index contributed by atoms with van der Waals surface area (Å²) in [6.07, 6.45) is 7.59. The molecule has 3 aromatic heterocycles. The number of hydrazine groups is 1. The van der Waals surface area contributed by atoms with Crippen LogP contribution in [0.5, 0.6) is 5.75 Å². The molecule has 3 N–H and O–H groups in total. The molecule has 16 nitrogen and oxygen atoms in total. The summed E-state index contributed by atoms with van der Waals surface area (Å²) in [5, 5.41) is 6.54. The van der Waals surface area contributed by atoms with E-state index in [1.54, 1.807) is 62.8 Å². The molecule has 47 heavy (non-hydrogen) atoms. The van der Waals surface area contributed by atoms with E-state index in [0.717, 1.165) is 0 Å². The molecule has 2 saturated heterocycles. The molecule has 2 aliphatic heterocycles. The van der Waals surface area contributed by atoms with Crippen LogP contribution in [-0.4, -0.2) is 92.7 Å². The van der Waals surface area contributed by atoms with Crippen LogP contribution >= 0.6 is 7.60 Å². The smallest absolute Gasteiger partial charge is 0.367 e. The van der Waals surface area contributed by atoms with E-state index in [1.165, 1.54) is 27.0 Å². The predicted molar refractivity (Wildman–Crippen MR) is 172 cm³/mol. The Morgan fingerprint density at radius 2 is 1.85 bits per heavy atom. The van der Waals surface area contributed by atoms with Crippen molar-refractivity contribution in [3.05, 3.63) is 61.4 Å². The molecule has 17 heteroatoms. The number of rotatable bonds is 11. The lowest BCUT2D eigenvalue weighted by atomic mass is 10.0. The van der Waals surface area contributed by atoms with Gasteiger partial charge in [-0.15, -0.1) is 0 Å². The summed E-state index contributed by atoms with van der Waals surface area (Å²) in [4.78, 5) is 54.0. The van der Waals surface area contributed by atoms with Crippen LogP contribution < -0.4 is 20.7 Å². The molecule has 1 aromatic carbocycles. The molecule has 6 rings (SSSR count). The SMILES string of the molecule is CCOP(=O)(COc1cc2c(N3CCN4CC[C@@H](C(=O)Nc5ccccn5)N4C3=O)cn(C(N)=O)c2cc1-c1cncnc1)OCC. The van der Waals surface area contributed by atoms with Gasteiger partial charge in [-0.2, -0.15) is 0 Å². The molecule has 0 radical (unpaired) electrons. The van der Waals surface area contributed by atoms with Gasteiger partial charge < -0.3 is 24.8 Å². The van der Waals surface area contributed by atoms with Gasteiger partial charge in [-0.05, 0) is 44.5 Å². The first-order valence-corrected chi connectivity index (χ1v) is 16.8. The van der Waals surface area contributed by atoms with Crippen LogP contribution in [0.1, 0.15) is 20.3 Å². The van der Waals surface area contributed by atoms with Crippen LogP contribution in [0.25, 0.3) is 22.0 Å². The molecule has 4 aromatic rings. The number of carbonyl (C=O) groups is 3. The molecule has 1 atom stereocenters. The predicted octanol–water partition coefficient (Wildman–Crippen LogP) is 3.89. The van der Waals surface area contributed by atoms with Crippen molar-refractivity contribution in [2.24, 2.45) is 5.73 Å². The minimum Gasteiger partial charge on any atom is -0.480 e. The number of anilines is 2. The third-order valence-electron chi connectivity index (χ3n) is 7.80. The van der Waals surface area contributed by atoms with Gasteiger partial charge in [-0.25, -0.2) is 34.6 Å². The number of hydrogen-bond donors (Lipinski definition) is 2. The highest BCUT2D eigenvalue weighted by Gasteiger charge is 2.45. The van der Waals surface area contributed by atoms with Gasteiger partial charge in [0.15, 0.2) is 6.35 Å². The van der Waals surface area contributed by atoms with Crippen LogP contribution in [-0.2, 0) is 18.4 Å². The molecule has 0 bridgehead atoms. The van der Waals surface area contributed by atoms with E-state index in [0.29, 0.717) is 53.0 Å². The zero-order valence-electron chi connectivity index (χ0n) is 25.8. The first kappa shape index (κ1) is 32.1. The first-order chi connectivity index (χ1) is 22.7. The molecule has 2 fully saturated rings. The van der Waals surface area contributed by atoms with Crippen LogP contribution in [0.3, 0.4) is 0 Å². The maximum atomic E-state index is 14.1. The van der Waals surface area contributed by atoms with Gasteiger partial charge in [0.1, 0.15) is 23.9 Å². The summed E-state index contributed by atoms with van der Waals surface area (Å²) in [5.41, 5.74) is 7.59. The maximum Gasteiger partial charge on any atom is 0.367 e. The fourth-order valence-electron chi connectivity index (χ4n) is 5.79. The summed E-state index contributed by atoms with van der Waals surface area (Å²) in [5.74, 6) is 0.279. The van der Waals surface area contributed by atoms with E-state index in [4.69, 9.17) is 19.5 Å². The number of benzene rings is 1. The summed E-state index contributed by atoms with van der Waals surface area (Å²) in [6, 6.07) is 6.49. The zero-order valence-corrected chi connectivity index (χ0v) is 26.7. The number of amides is 4. The lowest BCUT2D eigenvalue weighted by molar-refractivity contribution is -0.122. The second kappa shape index (κ2) is 13.5. The fourth-order valence-corrected chi connectivity index (χ4v) is 7.10. The minimum absolute atomic E-state index is 0.149. The van der Waals surface area contributed by atoms with Crippen LogP contribution in [0.4, 0.5) is 21.1 Å². The number of hydrogen-bond acceptors (Lipinski definition) is 11. The quantitative estimate of drug-likeness (QED) is 0.222. The normalized spacial score (nSPS) is 16.8. The Morgan fingerprint density at radius 3 is 2.53 bits per heavy atom. The highest BCUT2D eigenvalue weighted by atomic mass is 31.2. The number of aromatic nitrogens is 4. The monoisotopic (exact) mass is 663 g/mol. The molecule has 2 aliphatic rings. The van der Waals surface area contributed by atoms with E-state index in [-0.39, 0.29) is 31.4 Å². The van der Waals surface area contributed by atoms with Gasteiger partial charge in [0, 0.05) is 60.9 Å². The number of carbonyl (C=O) groups excluding carboxylic acids is 3. The van der Waals surface area contributed by atoms with Crippen molar-refractivity contribution in [1.82, 2.24) is 29.5 Å². The Labute approximate surface area is 269 Å². The van der Waals surface area contributed by atoms with Crippen LogP contribution in [0.2, 0.25) is 0 Å². The van der Waals surface area contributed by atoms with Crippen molar-refractivity contribution in [2.45, 2.75) is 26.3 Å². The second-order valence-corrected chi connectivity index (χ2v) is 12.7. The molecule has 0 saturated carbocycles. The van der Waals surface area contributed by atoms with Crippen molar-refractivity contribution in [3.63, 3.8) is 0 Å². The maximum absolute atomic E-state index is 14.1. The summed E-state index contributed by atoms with van der Waals surface area (Å²) < 4.78 is 31.5. The Balaban J connectivity index is 1.39. The third-order valence-corrected chi connectivity index (χ3v) is 9.55. The lowest BCUT2D eigenvalue weighted by Gasteiger charge is -2.41. The topological polar surface area (TPSA) is 187 Å². The number of ether oxygens (including phenoxy) is 1. The van der Waals surface area contributed by atoms with E-state index in [2.05, 4.69) is 20.3 Å². The van der Waals surface area contributed by atoms with Gasteiger partial charge in [-0.1, -0.05) is 6.07 Å². The highest BCUT2D eigenvalue weighted by Crippen LogP contribution is 2.49. The van der Waals surface area contributed by atoms with Crippen LogP contribution in [0.15, 0.2) is 61.4 Å². The van der Waals surface area contributed by atoms with Gasteiger partial charge in [0.05, 0.1) is 24.4 Å². The Bertz CT molecular complexity index is 1830. The number of pyridine rings is 1. The average Bonchev–Trinajstić information content (AvgIpc) is 3.67. The molecule has 246 valence electrons. The van der Waals surface area contributed by atoms with Gasteiger partial charge >= 0.3 is 19.7 Å². The van der Waals surface area contributed by atoms with Gasteiger partial charge in [-0.3, -0.25) is 18.8 Å². The summed E-state index contributed by atoms with van der Waals surface area (Å²) in [7, 11) is -3.62. The van der Waals surface area contributed by atoms with E-state index in [1.807, 2.05) is 5.01 Å². The number of nitrogens with two attached hydrogens (primary N) is 1. The Kier molecular flexibility index (Phi) is 9.18. The number of nitrogens with one attached hydrogen (secondary N) is 1. The molecular weight excluding hydrogens is 629 g/mol. The third kappa shape index (κ3) is 6.40. The first-order valence-electron chi connectivity index (χ1n) is 15.1. The number of nitrogens with zero attached hydrogens (tertiary/aromatic N) is 7. The number of urea groups is 1. The lowest BCUT2D eigenvalue weighted by Crippen LogP contribution is -2.60. The van der Waals surface area contributed by atoms with Crippen molar-refractivity contribution in [3.8, 4) is 16.9 Å². The van der Waals surface area contributed by atoms with Crippen LogP contribution in [0, 0.1) is 0 Å².